The molecule has 4 heterocycles. The highest BCUT2D eigenvalue weighted by atomic mass is 35.5. The van der Waals surface area contributed by atoms with Crippen molar-refractivity contribution in [1.82, 2.24) is 9.78 Å². The molecule has 2 aliphatic heterocycles. The number of aryl methyl sites for hydroxylation is 2. The fourth-order valence-corrected chi connectivity index (χ4v) is 11.4. The minimum absolute atomic E-state index is 0.0735. The quantitative estimate of drug-likeness (QED) is 0.127. The fraction of sp³-hybridized carbons (Fsp3) is 0.239. The van der Waals surface area contributed by atoms with E-state index in [9.17, 15) is 19.5 Å². The van der Waals surface area contributed by atoms with Crippen LogP contribution in [0, 0.1) is 36.0 Å². The van der Waals surface area contributed by atoms with Crippen molar-refractivity contribution in [3.63, 3.8) is 0 Å². The number of amides is 4. The van der Waals surface area contributed by atoms with E-state index < -0.39 is 35.0 Å². The molecule has 2 N–H and O–H groups in total. The summed E-state index contributed by atoms with van der Waals surface area (Å²) in [5, 5.41) is 20.1. The van der Waals surface area contributed by atoms with E-state index in [1.54, 1.807) is 65.5 Å². The zero-order valence-corrected chi connectivity index (χ0v) is 33.4. The topological polar surface area (TPSA) is 125 Å². The molecule has 6 atom stereocenters. The molecule has 4 aromatic carbocycles. The Bertz CT molecular complexity index is 2740. The minimum atomic E-state index is -1.23. The zero-order valence-electron chi connectivity index (χ0n) is 31.8. The maximum absolute atomic E-state index is 15.1. The molecule has 4 aliphatic rings. The first-order valence-electron chi connectivity index (χ1n) is 19.3. The Labute approximate surface area is 343 Å². The molecule has 290 valence electrons. The van der Waals surface area contributed by atoms with E-state index in [-0.39, 0.29) is 35.8 Å². The molecule has 10 nitrogen and oxygen atoms in total. The number of halogens is 1. The van der Waals surface area contributed by atoms with Gasteiger partial charge < -0.3 is 10.4 Å². The highest BCUT2D eigenvalue weighted by molar-refractivity contribution is 7.22. The van der Waals surface area contributed by atoms with E-state index in [0.29, 0.717) is 28.6 Å². The summed E-state index contributed by atoms with van der Waals surface area (Å²) in [6.07, 6.45) is 2.59. The third-order valence-corrected chi connectivity index (χ3v) is 14.4. The Morgan fingerprint density at radius 2 is 1.57 bits per heavy atom. The van der Waals surface area contributed by atoms with Gasteiger partial charge in [-0.15, -0.1) is 11.3 Å². The van der Waals surface area contributed by atoms with Gasteiger partial charge in [-0.05, 0) is 116 Å². The van der Waals surface area contributed by atoms with Crippen molar-refractivity contribution in [3.05, 3.63) is 131 Å². The van der Waals surface area contributed by atoms with Crippen LogP contribution in [0.25, 0.3) is 20.7 Å². The number of hydrogen-bond donors (Lipinski definition) is 2. The Morgan fingerprint density at radius 1 is 0.845 bits per heavy atom. The summed E-state index contributed by atoms with van der Waals surface area (Å²) in [5.74, 6) is -4.01. The van der Waals surface area contributed by atoms with Crippen LogP contribution in [0.4, 0.5) is 22.9 Å². The summed E-state index contributed by atoms with van der Waals surface area (Å²) in [7, 11) is 1.73. The number of allylic oxidation sites excluding steroid dienone is 2. The normalized spacial score (nSPS) is 25.2. The van der Waals surface area contributed by atoms with E-state index in [1.165, 1.54) is 9.80 Å². The lowest BCUT2D eigenvalue weighted by atomic mass is 9.51. The van der Waals surface area contributed by atoms with Gasteiger partial charge in [-0.25, -0.2) is 4.90 Å². The first kappa shape index (κ1) is 36.3. The molecule has 58 heavy (non-hydrogen) atoms. The van der Waals surface area contributed by atoms with Crippen molar-refractivity contribution in [1.29, 1.82) is 0 Å². The molecule has 6 aromatic rings. The summed E-state index contributed by atoms with van der Waals surface area (Å²) in [6, 6.07) is 31.3. The van der Waals surface area contributed by atoms with Gasteiger partial charge in [-0.3, -0.25) is 28.8 Å². The third-order valence-electron chi connectivity index (χ3n) is 12.9. The van der Waals surface area contributed by atoms with E-state index in [4.69, 9.17) is 16.7 Å². The second-order valence-electron chi connectivity index (χ2n) is 16.0. The number of carbonyl (C=O) groups excluding carboxylic acids is 4. The predicted molar refractivity (Wildman–Crippen MR) is 225 cm³/mol. The van der Waals surface area contributed by atoms with Gasteiger partial charge in [-0.2, -0.15) is 5.10 Å². The van der Waals surface area contributed by atoms with Crippen LogP contribution < -0.4 is 15.1 Å². The van der Waals surface area contributed by atoms with Crippen LogP contribution in [0.1, 0.15) is 36.8 Å². The Morgan fingerprint density at radius 3 is 2.31 bits per heavy atom. The summed E-state index contributed by atoms with van der Waals surface area (Å²) < 4.78 is 2.63. The third kappa shape index (κ3) is 5.33. The molecular formula is C46H38ClN5O5S. The second-order valence-corrected chi connectivity index (χ2v) is 17.5. The zero-order chi connectivity index (χ0) is 40.2. The molecule has 1 saturated carbocycles. The number of carbonyl (C=O) groups is 4. The molecule has 2 aromatic heterocycles. The number of thiophene rings is 1. The molecule has 2 aliphatic carbocycles. The minimum Gasteiger partial charge on any atom is -0.508 e. The van der Waals surface area contributed by atoms with Crippen LogP contribution in [0.15, 0.2) is 115 Å². The van der Waals surface area contributed by atoms with E-state index in [0.717, 1.165) is 43.0 Å². The number of hydrogen-bond acceptors (Lipinski definition) is 8. The van der Waals surface area contributed by atoms with Gasteiger partial charge in [-0.1, -0.05) is 53.6 Å². The number of aromatic nitrogens is 2. The number of nitrogens with zero attached hydrogens (tertiary/aromatic N) is 4. The number of imide groups is 2. The summed E-state index contributed by atoms with van der Waals surface area (Å²) in [4.78, 5) is 62.3. The van der Waals surface area contributed by atoms with Crippen LogP contribution in [-0.4, -0.2) is 38.5 Å². The van der Waals surface area contributed by atoms with Crippen molar-refractivity contribution in [3.8, 4) is 16.3 Å². The van der Waals surface area contributed by atoms with E-state index in [2.05, 4.69) is 5.32 Å². The SMILES string of the molecule is Cc1c(-c2cc(N3C(=O)[C@@H]4C[C@@H]5C(=CC[C@@H]6C(=O)N(c7ccc(Nc8ccccc8)cc7)C(=O)[C@@H]65)[C@H](c5ccc(O)cc5)[C@]4(C)C3=O)n(C)n2)sc2ccc(Cl)cc12. The Balaban J connectivity index is 1.01. The number of nitrogens with one attached hydrogen (secondary N) is 1. The molecule has 4 amide bonds. The monoisotopic (exact) mass is 807 g/mol. The van der Waals surface area contributed by atoms with Crippen LogP contribution in [0.3, 0.4) is 0 Å². The largest absolute Gasteiger partial charge is 0.508 e. The van der Waals surface area contributed by atoms with Gasteiger partial charge in [0.05, 0.1) is 33.7 Å². The highest BCUT2D eigenvalue weighted by Crippen LogP contribution is 2.64. The second kappa shape index (κ2) is 13.3. The Kier molecular flexibility index (Phi) is 8.30. The van der Waals surface area contributed by atoms with Crippen molar-refractivity contribution < 1.29 is 24.3 Å². The standard InChI is InChI=1S/C46H38ClN5O5S/c1-24-33-21-26(47)11-20-37(33)58-41(24)36-23-38(50(3)49-36)52-43(55)35-22-34-31(40(46(35,2)45(52)57)25-9-16-30(53)17-10-25)18-19-32-39(34)44(56)51(42(32)54)29-14-12-28(13-15-29)48-27-7-5-4-6-8-27/h4-18,20-21,23,32,34-35,39-40,48,53H,19,22H2,1-3H3/t32-,34+,35-,39-,40-,46+/m0/s1. The number of phenolic OH excluding ortho intramolecular Hbond substituents is 1. The fourth-order valence-electron chi connectivity index (χ4n) is 10.1. The molecule has 2 saturated heterocycles. The van der Waals surface area contributed by atoms with Crippen molar-refractivity contribution in [2.75, 3.05) is 15.1 Å². The van der Waals surface area contributed by atoms with Gasteiger partial charge in [0.1, 0.15) is 17.3 Å². The van der Waals surface area contributed by atoms with E-state index in [1.807, 2.05) is 80.6 Å². The smallest absolute Gasteiger partial charge is 0.242 e. The summed E-state index contributed by atoms with van der Waals surface area (Å²) in [5.41, 5.74) is 4.27. The number of benzene rings is 4. The number of fused-ring (bicyclic) bond motifs is 5. The number of para-hydroxylation sites is 1. The van der Waals surface area contributed by atoms with E-state index >= 15 is 4.79 Å². The first-order chi connectivity index (χ1) is 27.9. The van der Waals surface area contributed by atoms with Crippen LogP contribution in [-0.2, 0) is 26.2 Å². The van der Waals surface area contributed by atoms with Crippen molar-refractivity contribution in [2.24, 2.45) is 36.1 Å². The maximum atomic E-state index is 15.1. The highest BCUT2D eigenvalue weighted by Gasteiger charge is 2.68. The van der Waals surface area contributed by atoms with Crippen molar-refractivity contribution in [2.45, 2.75) is 32.6 Å². The molecule has 10 rings (SSSR count). The molecule has 3 fully saturated rings. The summed E-state index contributed by atoms with van der Waals surface area (Å²) in [6.45, 7) is 3.87. The molecule has 0 spiro atoms. The number of rotatable bonds is 6. The molecule has 0 unspecified atom stereocenters. The van der Waals surface area contributed by atoms with Gasteiger partial charge in [0.15, 0.2) is 0 Å². The van der Waals surface area contributed by atoms with Gasteiger partial charge >= 0.3 is 0 Å². The molecule has 12 heteroatoms. The van der Waals surface area contributed by atoms with Gasteiger partial charge in [0.25, 0.3) is 0 Å². The van der Waals surface area contributed by atoms with Crippen LogP contribution in [0.2, 0.25) is 5.02 Å². The van der Waals surface area contributed by atoms with Gasteiger partial charge in [0.2, 0.25) is 23.6 Å². The number of anilines is 4. The Hall–Kier alpha value is -6.04. The first-order valence-corrected chi connectivity index (χ1v) is 20.5. The average molecular weight is 808 g/mol. The predicted octanol–water partition coefficient (Wildman–Crippen LogP) is 9.15. The molecule has 0 radical (unpaired) electrons. The average Bonchev–Trinajstić information content (AvgIpc) is 3.89. The lowest BCUT2D eigenvalue weighted by Crippen LogP contribution is -2.48. The summed E-state index contributed by atoms with van der Waals surface area (Å²) >= 11 is 7.91. The van der Waals surface area contributed by atoms with Crippen LogP contribution >= 0.6 is 22.9 Å². The maximum Gasteiger partial charge on any atom is 0.242 e. The lowest BCUT2D eigenvalue weighted by Gasteiger charge is -2.49. The van der Waals surface area contributed by atoms with Crippen molar-refractivity contribution >= 4 is 79.5 Å². The lowest BCUT2D eigenvalue weighted by molar-refractivity contribution is -0.131. The van der Waals surface area contributed by atoms with Crippen LogP contribution in [0.5, 0.6) is 5.75 Å². The molecular weight excluding hydrogens is 770 g/mol. The number of aromatic hydroxyl groups is 1. The molecule has 0 bridgehead atoms. The van der Waals surface area contributed by atoms with Gasteiger partial charge in [0, 0.05) is 40.1 Å². The number of phenols is 1.